The predicted molar refractivity (Wildman–Crippen MR) is 95.9 cm³/mol. The maximum Gasteiger partial charge on any atom is 0.164 e. The Hall–Kier alpha value is -0.275. The van der Waals surface area contributed by atoms with Crippen LogP contribution >= 0.6 is 0 Å². The maximum absolute atomic E-state index is 6.65. The zero-order valence-electron chi connectivity index (χ0n) is 15.8. The molecule has 0 aromatic rings. The highest BCUT2D eigenvalue weighted by atomic mass is 16.7. The van der Waals surface area contributed by atoms with Gasteiger partial charge in [-0.3, -0.25) is 0 Å². The lowest BCUT2D eigenvalue weighted by Crippen LogP contribution is -2.69. The topological polar surface area (TPSA) is 18.5 Å². The molecule has 0 amide bonds. The van der Waals surface area contributed by atoms with E-state index in [2.05, 4.69) is 56.0 Å². The van der Waals surface area contributed by atoms with E-state index in [-0.39, 0.29) is 22.4 Å². The highest BCUT2D eigenvalue weighted by Crippen LogP contribution is 2.62. The van der Waals surface area contributed by atoms with E-state index in [0.29, 0.717) is 5.92 Å². The molecule has 1 aliphatic carbocycles. The summed E-state index contributed by atoms with van der Waals surface area (Å²) in [4.78, 5) is 0. The predicted octanol–water partition coefficient (Wildman–Crippen LogP) is 4.50. The zero-order valence-corrected chi connectivity index (χ0v) is 15.8. The highest BCUT2D eigenvalue weighted by Gasteiger charge is 2.64. The van der Waals surface area contributed by atoms with Gasteiger partial charge in [-0.25, -0.2) is 0 Å². The maximum atomic E-state index is 6.65. The fourth-order valence-electron chi connectivity index (χ4n) is 4.92. The van der Waals surface area contributed by atoms with Gasteiger partial charge in [0.05, 0.1) is 11.2 Å². The van der Waals surface area contributed by atoms with Crippen molar-refractivity contribution >= 4 is 7.85 Å². The zero-order chi connectivity index (χ0) is 16.8. The summed E-state index contributed by atoms with van der Waals surface area (Å²) in [6.07, 6.45) is 8.60. The number of ether oxygens (including phenoxy) is 2. The van der Waals surface area contributed by atoms with Crippen LogP contribution in [0, 0.1) is 11.8 Å². The molecule has 126 valence electrons. The molecule has 1 heterocycles. The van der Waals surface area contributed by atoms with Crippen LogP contribution in [0.25, 0.3) is 0 Å². The van der Waals surface area contributed by atoms with Crippen molar-refractivity contribution in [2.24, 2.45) is 11.8 Å². The largest absolute Gasteiger partial charge is 0.344 e. The molecule has 0 aromatic carbocycles. The third kappa shape index (κ3) is 2.58. The molecule has 3 heteroatoms. The molecule has 0 N–H and O–H groups in total. The smallest absolute Gasteiger partial charge is 0.164 e. The van der Waals surface area contributed by atoms with Gasteiger partial charge in [0.1, 0.15) is 7.85 Å². The van der Waals surface area contributed by atoms with E-state index in [9.17, 15) is 0 Å². The van der Waals surface area contributed by atoms with Crippen LogP contribution in [0.2, 0.25) is 5.31 Å². The van der Waals surface area contributed by atoms with Gasteiger partial charge in [0.15, 0.2) is 5.79 Å². The second-order valence-electron chi connectivity index (χ2n) is 8.80. The summed E-state index contributed by atoms with van der Waals surface area (Å²) in [5.74, 6) is 0.317. The van der Waals surface area contributed by atoms with Gasteiger partial charge in [-0.15, -0.1) is 6.58 Å². The molecule has 0 bridgehead atoms. The van der Waals surface area contributed by atoms with E-state index in [1.54, 1.807) is 0 Å². The second kappa shape index (κ2) is 5.67. The molecule has 4 atom stereocenters. The molecule has 1 saturated heterocycles. The molecule has 2 rings (SSSR count). The normalized spacial score (nSPS) is 44.5. The molecule has 3 unspecified atom stereocenters. The molecule has 0 aromatic heterocycles. The van der Waals surface area contributed by atoms with Gasteiger partial charge in [0, 0.05) is 5.92 Å². The first kappa shape index (κ1) is 18.1. The number of rotatable bonds is 3. The summed E-state index contributed by atoms with van der Waals surface area (Å²) in [5.41, 5.74) is -0.468. The molecule has 1 saturated carbocycles. The van der Waals surface area contributed by atoms with E-state index >= 15 is 0 Å². The lowest BCUT2D eigenvalue weighted by atomic mass is 9.45. The third-order valence-electron chi connectivity index (χ3n) is 7.00. The lowest BCUT2D eigenvalue weighted by molar-refractivity contribution is -0.390. The van der Waals surface area contributed by atoms with E-state index in [4.69, 9.17) is 9.47 Å². The Bertz CT molecular complexity index is 425. The van der Waals surface area contributed by atoms with Crippen molar-refractivity contribution in [2.75, 3.05) is 0 Å². The van der Waals surface area contributed by atoms with Crippen LogP contribution < -0.4 is 0 Å². The van der Waals surface area contributed by atoms with Crippen LogP contribution in [0.15, 0.2) is 12.7 Å². The summed E-state index contributed by atoms with van der Waals surface area (Å²) in [5, 5.41) is -0.0921. The van der Waals surface area contributed by atoms with Crippen molar-refractivity contribution in [1.29, 1.82) is 0 Å². The minimum absolute atomic E-state index is 0.0921. The molecular formula is C19H35BO2. The Morgan fingerprint density at radius 1 is 1.05 bits per heavy atom. The standard InChI is InChI=1S/C19H35BO2/c1-8-14(2)17(5)19(7,20)18(6,22-16(3,4)21-17)15-12-10-9-11-13-15/h8,14-15H,1,9-13,20H2,2-7H3/t14-,17?,18?,19?/m1/s1. The molecule has 0 spiro atoms. The molecule has 2 fully saturated rings. The first-order chi connectivity index (χ1) is 10.0. The average molecular weight is 306 g/mol. The van der Waals surface area contributed by atoms with Crippen LogP contribution in [0.3, 0.4) is 0 Å². The van der Waals surface area contributed by atoms with Crippen LogP contribution in [0.4, 0.5) is 0 Å². The molecular weight excluding hydrogens is 271 g/mol. The van der Waals surface area contributed by atoms with Crippen LogP contribution in [0.1, 0.15) is 73.6 Å². The number of hydrogen-bond acceptors (Lipinski definition) is 2. The van der Waals surface area contributed by atoms with Gasteiger partial charge in [0.25, 0.3) is 0 Å². The minimum atomic E-state index is -0.562. The van der Waals surface area contributed by atoms with Crippen molar-refractivity contribution in [1.82, 2.24) is 0 Å². The van der Waals surface area contributed by atoms with Crippen molar-refractivity contribution in [3.8, 4) is 0 Å². The number of hydrogen-bond donors (Lipinski definition) is 0. The lowest BCUT2D eigenvalue weighted by Gasteiger charge is -2.66. The van der Waals surface area contributed by atoms with E-state index in [0.717, 1.165) is 0 Å². The van der Waals surface area contributed by atoms with Gasteiger partial charge in [-0.05, 0) is 51.8 Å². The average Bonchev–Trinajstić information content (AvgIpc) is 2.44. The van der Waals surface area contributed by atoms with E-state index < -0.39 is 5.79 Å². The van der Waals surface area contributed by atoms with Crippen molar-refractivity contribution in [3.05, 3.63) is 12.7 Å². The van der Waals surface area contributed by atoms with Crippen LogP contribution in [-0.2, 0) is 9.47 Å². The minimum Gasteiger partial charge on any atom is -0.344 e. The first-order valence-corrected chi connectivity index (χ1v) is 9.03. The Morgan fingerprint density at radius 3 is 2.09 bits per heavy atom. The first-order valence-electron chi connectivity index (χ1n) is 9.03. The highest BCUT2D eigenvalue weighted by molar-refractivity contribution is 6.17. The Balaban J connectivity index is 2.49. The van der Waals surface area contributed by atoms with Gasteiger partial charge in [0.2, 0.25) is 0 Å². The van der Waals surface area contributed by atoms with Crippen molar-refractivity contribution in [2.45, 2.75) is 96.0 Å². The fourth-order valence-corrected chi connectivity index (χ4v) is 4.92. The van der Waals surface area contributed by atoms with Crippen LogP contribution in [0.5, 0.6) is 0 Å². The van der Waals surface area contributed by atoms with E-state index in [1.807, 2.05) is 6.08 Å². The molecule has 0 radical (unpaired) electrons. The van der Waals surface area contributed by atoms with Gasteiger partial charge in [-0.1, -0.05) is 39.2 Å². The summed E-state index contributed by atoms with van der Waals surface area (Å²) >= 11 is 0. The van der Waals surface area contributed by atoms with Gasteiger partial charge >= 0.3 is 0 Å². The Kier molecular flexibility index (Phi) is 4.65. The third-order valence-corrected chi connectivity index (χ3v) is 7.00. The van der Waals surface area contributed by atoms with Gasteiger partial charge < -0.3 is 9.47 Å². The summed E-state index contributed by atoms with van der Waals surface area (Å²) in [6.45, 7) is 17.3. The van der Waals surface area contributed by atoms with E-state index in [1.165, 1.54) is 32.1 Å². The van der Waals surface area contributed by atoms with Crippen molar-refractivity contribution in [3.63, 3.8) is 0 Å². The summed E-state index contributed by atoms with van der Waals surface area (Å²) < 4.78 is 13.2. The fraction of sp³-hybridized carbons (Fsp3) is 0.895. The SMILES string of the molecule is BC1(C)C(C)(C2CCCCC2)OC(C)(C)OC1(C)[C@H](C)C=C. The summed E-state index contributed by atoms with van der Waals surface area (Å²) in [7, 11) is 2.33. The molecule has 2 nitrogen and oxygen atoms in total. The van der Waals surface area contributed by atoms with Crippen LogP contribution in [-0.4, -0.2) is 24.8 Å². The Morgan fingerprint density at radius 2 is 1.59 bits per heavy atom. The molecule has 22 heavy (non-hydrogen) atoms. The molecule has 2 aliphatic rings. The second-order valence-corrected chi connectivity index (χ2v) is 8.80. The Labute approximate surface area is 138 Å². The monoisotopic (exact) mass is 306 g/mol. The van der Waals surface area contributed by atoms with Crippen molar-refractivity contribution < 1.29 is 9.47 Å². The van der Waals surface area contributed by atoms with Gasteiger partial charge in [-0.2, -0.15) is 0 Å². The molecule has 1 aliphatic heterocycles. The summed E-state index contributed by atoms with van der Waals surface area (Å²) in [6, 6.07) is 0. The quantitative estimate of drug-likeness (QED) is 0.564.